The van der Waals surface area contributed by atoms with Gasteiger partial charge >= 0.3 is 5.69 Å². The molecule has 0 aromatic carbocycles. The Hall–Kier alpha value is -2.15. The molecule has 0 unspecified atom stereocenters. The van der Waals surface area contributed by atoms with Gasteiger partial charge in [0.1, 0.15) is 5.39 Å². The fraction of sp³-hybridized carbons (Fsp3) is 0.533. The van der Waals surface area contributed by atoms with Gasteiger partial charge in [-0.3, -0.25) is 13.9 Å². The number of pyridine rings is 1. The standard InChI is InChI=1S/C15H20N4O3/c1-9-8-16-13-11(14(20)19(3)15(21)18(13)2)12(9)17-10-4-6-22-7-5-10/h8,10H,4-7H2,1-3H3,(H,16,17). The average Bonchev–Trinajstić information content (AvgIpc) is 2.53. The summed E-state index contributed by atoms with van der Waals surface area (Å²) in [6, 6.07) is 0.264. The summed E-state index contributed by atoms with van der Waals surface area (Å²) in [6.45, 7) is 3.35. The number of fused-ring (bicyclic) bond motifs is 1. The molecule has 7 nitrogen and oxygen atoms in total. The molecule has 1 N–H and O–H groups in total. The second-order valence-corrected chi connectivity index (χ2v) is 5.75. The van der Waals surface area contributed by atoms with Gasteiger partial charge in [-0.2, -0.15) is 0 Å². The molecule has 118 valence electrons. The van der Waals surface area contributed by atoms with Crippen molar-refractivity contribution in [3.05, 3.63) is 32.6 Å². The van der Waals surface area contributed by atoms with Gasteiger partial charge in [0.2, 0.25) is 0 Å². The molecule has 0 radical (unpaired) electrons. The molecule has 1 aliphatic heterocycles. The van der Waals surface area contributed by atoms with Crippen molar-refractivity contribution in [1.82, 2.24) is 14.1 Å². The maximum atomic E-state index is 12.6. The largest absolute Gasteiger partial charge is 0.381 e. The highest BCUT2D eigenvalue weighted by Crippen LogP contribution is 2.24. The summed E-state index contributed by atoms with van der Waals surface area (Å²) in [6.07, 6.45) is 3.49. The third-order valence-electron chi connectivity index (χ3n) is 4.23. The molecule has 0 bridgehead atoms. The van der Waals surface area contributed by atoms with Crippen LogP contribution in [-0.4, -0.2) is 33.4 Å². The zero-order valence-corrected chi connectivity index (χ0v) is 13.0. The van der Waals surface area contributed by atoms with E-state index in [4.69, 9.17) is 4.74 Å². The summed E-state index contributed by atoms with van der Waals surface area (Å²) in [5, 5.41) is 3.93. The maximum absolute atomic E-state index is 12.6. The van der Waals surface area contributed by atoms with Crippen molar-refractivity contribution in [1.29, 1.82) is 0 Å². The van der Waals surface area contributed by atoms with Gasteiger partial charge in [-0.15, -0.1) is 0 Å². The molecule has 3 heterocycles. The average molecular weight is 304 g/mol. The van der Waals surface area contributed by atoms with Crippen molar-refractivity contribution < 1.29 is 4.74 Å². The van der Waals surface area contributed by atoms with Gasteiger partial charge in [-0.25, -0.2) is 9.78 Å². The molecule has 0 atom stereocenters. The first-order chi connectivity index (χ1) is 10.5. The van der Waals surface area contributed by atoms with Gasteiger partial charge in [0, 0.05) is 39.5 Å². The smallest absolute Gasteiger partial charge is 0.332 e. The van der Waals surface area contributed by atoms with Crippen molar-refractivity contribution in [2.45, 2.75) is 25.8 Å². The Morgan fingerprint density at radius 3 is 2.59 bits per heavy atom. The fourth-order valence-electron chi connectivity index (χ4n) is 2.86. The lowest BCUT2D eigenvalue weighted by molar-refractivity contribution is 0.0904. The van der Waals surface area contributed by atoms with E-state index in [0.717, 1.165) is 41.9 Å². The van der Waals surface area contributed by atoms with E-state index in [1.54, 1.807) is 13.2 Å². The predicted octanol–water partition coefficient (Wildman–Crippen LogP) is 0.532. The molecular formula is C15H20N4O3. The van der Waals surface area contributed by atoms with Crippen molar-refractivity contribution in [2.24, 2.45) is 14.1 Å². The molecule has 2 aromatic heterocycles. The molecule has 1 fully saturated rings. The van der Waals surface area contributed by atoms with Crippen molar-refractivity contribution >= 4 is 16.7 Å². The minimum atomic E-state index is -0.370. The van der Waals surface area contributed by atoms with Gasteiger partial charge in [0.15, 0.2) is 5.65 Å². The second kappa shape index (κ2) is 5.57. The van der Waals surface area contributed by atoms with E-state index in [1.165, 1.54) is 11.6 Å². The van der Waals surface area contributed by atoms with E-state index in [1.807, 2.05) is 6.92 Å². The zero-order chi connectivity index (χ0) is 15.9. The topological polar surface area (TPSA) is 78.2 Å². The Labute approximate surface area is 127 Å². The predicted molar refractivity (Wildman–Crippen MR) is 84.4 cm³/mol. The molecular weight excluding hydrogens is 284 g/mol. The minimum absolute atomic E-state index is 0.264. The van der Waals surface area contributed by atoms with Crippen molar-refractivity contribution in [2.75, 3.05) is 18.5 Å². The number of rotatable bonds is 2. The van der Waals surface area contributed by atoms with Gasteiger partial charge in [-0.05, 0) is 25.3 Å². The number of hydrogen-bond donors (Lipinski definition) is 1. The first-order valence-corrected chi connectivity index (χ1v) is 7.40. The van der Waals surface area contributed by atoms with Crippen LogP contribution in [0.1, 0.15) is 18.4 Å². The van der Waals surface area contributed by atoms with Crippen LogP contribution in [0.3, 0.4) is 0 Å². The summed E-state index contributed by atoms with van der Waals surface area (Å²) < 4.78 is 7.90. The Balaban J connectivity index is 2.22. The lowest BCUT2D eigenvalue weighted by Crippen LogP contribution is -2.38. The van der Waals surface area contributed by atoms with Gasteiger partial charge in [-0.1, -0.05) is 0 Å². The number of aromatic nitrogens is 3. The molecule has 22 heavy (non-hydrogen) atoms. The number of anilines is 1. The van der Waals surface area contributed by atoms with E-state index in [2.05, 4.69) is 10.3 Å². The van der Waals surface area contributed by atoms with Crippen LogP contribution >= 0.6 is 0 Å². The van der Waals surface area contributed by atoms with Crippen LogP contribution < -0.4 is 16.6 Å². The number of nitrogens with zero attached hydrogens (tertiary/aromatic N) is 3. The Kier molecular flexibility index (Phi) is 3.74. The Bertz CT molecular complexity index is 831. The number of aryl methyl sites for hydroxylation is 2. The first kappa shape index (κ1) is 14.8. The Morgan fingerprint density at radius 2 is 1.91 bits per heavy atom. The van der Waals surface area contributed by atoms with Crippen molar-refractivity contribution in [3.63, 3.8) is 0 Å². The normalized spacial score (nSPS) is 16.1. The zero-order valence-electron chi connectivity index (χ0n) is 13.0. The highest BCUT2D eigenvalue weighted by molar-refractivity contribution is 5.90. The molecule has 0 spiro atoms. The van der Waals surface area contributed by atoms with Gasteiger partial charge < -0.3 is 10.1 Å². The lowest BCUT2D eigenvalue weighted by Gasteiger charge is -2.25. The molecule has 0 aliphatic carbocycles. The second-order valence-electron chi connectivity index (χ2n) is 5.75. The summed E-state index contributed by atoms with van der Waals surface area (Å²) in [7, 11) is 3.12. The molecule has 0 amide bonds. The maximum Gasteiger partial charge on any atom is 0.332 e. The number of nitrogens with one attached hydrogen (secondary N) is 1. The molecule has 2 aromatic rings. The summed E-state index contributed by atoms with van der Waals surface area (Å²) in [5.74, 6) is 0. The Morgan fingerprint density at radius 1 is 1.23 bits per heavy atom. The quantitative estimate of drug-likeness (QED) is 0.876. The van der Waals surface area contributed by atoms with Crippen LogP contribution in [0.2, 0.25) is 0 Å². The molecule has 1 aliphatic rings. The van der Waals surface area contributed by atoms with Gasteiger partial charge in [0.25, 0.3) is 5.56 Å². The van der Waals surface area contributed by atoms with Crippen LogP contribution in [0.25, 0.3) is 11.0 Å². The fourth-order valence-corrected chi connectivity index (χ4v) is 2.86. The third-order valence-corrected chi connectivity index (χ3v) is 4.23. The molecule has 0 saturated carbocycles. The van der Waals surface area contributed by atoms with Crippen molar-refractivity contribution in [3.8, 4) is 0 Å². The lowest BCUT2D eigenvalue weighted by atomic mass is 10.1. The van der Waals surface area contributed by atoms with Crippen LogP contribution in [0, 0.1) is 6.92 Å². The van der Waals surface area contributed by atoms with E-state index in [9.17, 15) is 9.59 Å². The van der Waals surface area contributed by atoms with Crippen LogP contribution in [0.15, 0.2) is 15.8 Å². The van der Waals surface area contributed by atoms with Gasteiger partial charge in [0.05, 0.1) is 5.69 Å². The number of ether oxygens (including phenoxy) is 1. The summed E-state index contributed by atoms with van der Waals surface area (Å²) in [4.78, 5) is 28.9. The third kappa shape index (κ3) is 2.31. The summed E-state index contributed by atoms with van der Waals surface area (Å²) >= 11 is 0. The van der Waals surface area contributed by atoms with E-state index >= 15 is 0 Å². The van der Waals surface area contributed by atoms with Crippen LogP contribution in [0.4, 0.5) is 5.69 Å². The van der Waals surface area contributed by atoms with E-state index < -0.39 is 0 Å². The highest BCUT2D eigenvalue weighted by Gasteiger charge is 2.19. The monoisotopic (exact) mass is 304 g/mol. The first-order valence-electron chi connectivity index (χ1n) is 7.40. The molecule has 3 rings (SSSR count). The summed E-state index contributed by atoms with van der Waals surface area (Å²) in [5.41, 5.74) is 1.39. The SMILES string of the molecule is Cc1cnc2c(c1NC1CCOCC1)c(=O)n(C)c(=O)n2C. The molecule has 7 heteroatoms. The number of hydrogen-bond acceptors (Lipinski definition) is 5. The highest BCUT2D eigenvalue weighted by atomic mass is 16.5. The molecule has 1 saturated heterocycles. The van der Waals surface area contributed by atoms with E-state index in [-0.39, 0.29) is 17.3 Å². The minimum Gasteiger partial charge on any atom is -0.381 e. The van der Waals surface area contributed by atoms with Crippen LogP contribution in [0.5, 0.6) is 0 Å². The van der Waals surface area contributed by atoms with E-state index in [0.29, 0.717) is 11.0 Å². The van der Waals surface area contributed by atoms with Crippen LogP contribution in [-0.2, 0) is 18.8 Å².